The second kappa shape index (κ2) is 7.60. The fraction of sp³-hybridized carbons (Fsp3) is 0.500. The van der Waals surface area contributed by atoms with E-state index in [4.69, 9.17) is 9.84 Å². The van der Waals surface area contributed by atoms with E-state index >= 15 is 0 Å². The third kappa shape index (κ3) is 4.67. The van der Waals surface area contributed by atoms with Crippen molar-refractivity contribution in [3.05, 3.63) is 34.1 Å². The first-order valence-electron chi connectivity index (χ1n) is 5.82. The van der Waals surface area contributed by atoms with E-state index in [-0.39, 0.29) is 18.0 Å². The molecule has 0 unspecified atom stereocenters. The lowest BCUT2D eigenvalue weighted by Gasteiger charge is -2.06. The zero-order chi connectivity index (χ0) is 13.4. The molecule has 0 heterocycles. The first-order chi connectivity index (χ1) is 8.65. The van der Waals surface area contributed by atoms with E-state index in [2.05, 4.69) is 0 Å². The van der Waals surface area contributed by atoms with Gasteiger partial charge in [-0.3, -0.25) is 10.1 Å². The van der Waals surface area contributed by atoms with Gasteiger partial charge in [0.2, 0.25) is 0 Å². The Morgan fingerprint density at radius 2 is 2.00 bits per heavy atom. The van der Waals surface area contributed by atoms with Crippen LogP contribution in [-0.2, 0) is 0 Å². The molecule has 0 aliphatic heterocycles. The number of rotatable bonds is 8. The van der Waals surface area contributed by atoms with Gasteiger partial charge in [-0.05, 0) is 25.3 Å². The molecule has 1 aromatic rings. The molecule has 0 aromatic heterocycles. The van der Waals surface area contributed by atoms with Crippen LogP contribution in [0.4, 0.5) is 10.1 Å². The fourth-order valence-electron chi connectivity index (χ4n) is 1.47. The van der Waals surface area contributed by atoms with Crippen molar-refractivity contribution < 1.29 is 19.2 Å². The number of aliphatic hydroxyl groups excluding tert-OH is 1. The van der Waals surface area contributed by atoms with Gasteiger partial charge >= 0.3 is 0 Å². The van der Waals surface area contributed by atoms with Crippen molar-refractivity contribution in [1.29, 1.82) is 0 Å². The molecule has 18 heavy (non-hydrogen) atoms. The number of ether oxygens (including phenoxy) is 1. The van der Waals surface area contributed by atoms with Crippen LogP contribution < -0.4 is 4.74 Å². The molecule has 1 aromatic carbocycles. The minimum atomic E-state index is -0.723. The van der Waals surface area contributed by atoms with Gasteiger partial charge in [-0.2, -0.15) is 0 Å². The van der Waals surface area contributed by atoms with E-state index in [1.165, 1.54) is 12.1 Å². The number of hydrogen-bond donors (Lipinski definition) is 1. The summed E-state index contributed by atoms with van der Waals surface area (Å²) in [6.07, 6.45) is 3.32. The summed E-state index contributed by atoms with van der Waals surface area (Å²) in [6, 6.07) is 3.33. The van der Waals surface area contributed by atoms with Crippen molar-refractivity contribution in [2.24, 2.45) is 0 Å². The summed E-state index contributed by atoms with van der Waals surface area (Å²) >= 11 is 0. The molecule has 100 valence electrons. The summed E-state index contributed by atoms with van der Waals surface area (Å²) in [4.78, 5) is 9.75. The smallest absolute Gasteiger partial charge is 0.272 e. The zero-order valence-corrected chi connectivity index (χ0v) is 9.97. The predicted octanol–water partition coefficient (Wildman–Crippen LogP) is 2.67. The number of hydrogen-bond acceptors (Lipinski definition) is 4. The molecule has 0 aliphatic rings. The van der Waals surface area contributed by atoms with E-state index in [0.717, 1.165) is 31.7 Å². The summed E-state index contributed by atoms with van der Waals surface area (Å²) in [6.45, 7) is 0.540. The van der Waals surface area contributed by atoms with Gasteiger partial charge in [0.1, 0.15) is 0 Å². The van der Waals surface area contributed by atoms with Crippen molar-refractivity contribution in [2.45, 2.75) is 25.7 Å². The van der Waals surface area contributed by atoms with Crippen molar-refractivity contribution in [3.63, 3.8) is 0 Å². The summed E-state index contributed by atoms with van der Waals surface area (Å²) in [5, 5.41) is 19.0. The van der Waals surface area contributed by atoms with E-state index < -0.39 is 10.7 Å². The molecule has 0 amide bonds. The minimum absolute atomic E-state index is 0.0303. The average Bonchev–Trinajstić information content (AvgIpc) is 2.35. The summed E-state index contributed by atoms with van der Waals surface area (Å²) < 4.78 is 18.6. The highest BCUT2D eigenvalue weighted by atomic mass is 19.1. The first kappa shape index (κ1) is 14.4. The molecule has 6 heteroatoms. The third-order valence-electron chi connectivity index (χ3n) is 2.44. The maximum absolute atomic E-state index is 13.4. The number of nitro benzene ring substituents is 1. The number of nitro groups is 1. The molecular weight excluding hydrogens is 241 g/mol. The Hall–Kier alpha value is -1.69. The van der Waals surface area contributed by atoms with Gasteiger partial charge < -0.3 is 9.84 Å². The van der Waals surface area contributed by atoms with Crippen LogP contribution in [0.3, 0.4) is 0 Å². The highest BCUT2D eigenvalue weighted by Gasteiger charge is 2.11. The van der Waals surface area contributed by atoms with Gasteiger partial charge in [0.05, 0.1) is 17.6 Å². The topological polar surface area (TPSA) is 72.6 Å². The van der Waals surface area contributed by atoms with E-state index in [1.54, 1.807) is 0 Å². The molecule has 1 N–H and O–H groups in total. The number of benzene rings is 1. The second-order valence-corrected chi connectivity index (χ2v) is 3.86. The molecule has 5 nitrogen and oxygen atoms in total. The maximum Gasteiger partial charge on any atom is 0.272 e. The third-order valence-corrected chi connectivity index (χ3v) is 2.44. The van der Waals surface area contributed by atoms with Gasteiger partial charge in [-0.15, -0.1) is 0 Å². The number of nitrogens with zero attached hydrogens (tertiary/aromatic N) is 1. The molecule has 0 atom stereocenters. The Kier molecular flexibility index (Phi) is 6.07. The van der Waals surface area contributed by atoms with Crippen LogP contribution in [0, 0.1) is 15.9 Å². The first-order valence-corrected chi connectivity index (χ1v) is 5.82. The number of halogens is 1. The lowest BCUT2D eigenvalue weighted by molar-refractivity contribution is -0.385. The van der Waals surface area contributed by atoms with E-state index in [9.17, 15) is 14.5 Å². The normalized spacial score (nSPS) is 10.3. The monoisotopic (exact) mass is 257 g/mol. The van der Waals surface area contributed by atoms with Crippen LogP contribution >= 0.6 is 0 Å². The average molecular weight is 257 g/mol. The maximum atomic E-state index is 13.4. The predicted molar refractivity (Wildman–Crippen MR) is 64.1 cm³/mol. The number of non-ortho nitro benzene ring substituents is 1. The summed E-state index contributed by atoms with van der Waals surface area (Å²) in [5.41, 5.74) is -0.289. The van der Waals surface area contributed by atoms with Crippen LogP contribution in [0.25, 0.3) is 0 Å². The SMILES string of the molecule is O=[N+]([O-])c1ccc(OCCCCCCO)c(F)c1. The van der Waals surface area contributed by atoms with Gasteiger partial charge in [0.25, 0.3) is 5.69 Å². The highest BCUT2D eigenvalue weighted by molar-refractivity contribution is 5.37. The minimum Gasteiger partial charge on any atom is -0.491 e. The molecule has 0 spiro atoms. The van der Waals surface area contributed by atoms with Gasteiger partial charge in [0.15, 0.2) is 11.6 Å². The van der Waals surface area contributed by atoms with Crippen LogP contribution in [0.2, 0.25) is 0 Å². The molecule has 0 bridgehead atoms. The van der Waals surface area contributed by atoms with Crippen LogP contribution in [0.1, 0.15) is 25.7 Å². The Bertz CT molecular complexity index is 398. The summed E-state index contributed by atoms with van der Waals surface area (Å²) in [5.74, 6) is -0.692. The lowest BCUT2D eigenvalue weighted by atomic mass is 10.2. The Morgan fingerprint density at radius 1 is 1.28 bits per heavy atom. The molecule has 1 rings (SSSR count). The van der Waals surface area contributed by atoms with Crippen LogP contribution in [0.15, 0.2) is 18.2 Å². The molecule has 0 saturated heterocycles. The highest BCUT2D eigenvalue weighted by Crippen LogP contribution is 2.22. The number of unbranched alkanes of at least 4 members (excludes halogenated alkanes) is 3. The Morgan fingerprint density at radius 3 is 2.61 bits per heavy atom. The molecule has 0 saturated carbocycles. The molecule has 0 fully saturated rings. The quantitative estimate of drug-likeness (QED) is 0.441. The van der Waals surface area contributed by atoms with E-state index in [1.807, 2.05) is 0 Å². The summed E-state index contributed by atoms with van der Waals surface area (Å²) in [7, 11) is 0. The van der Waals surface area contributed by atoms with Gasteiger partial charge in [-0.1, -0.05) is 6.42 Å². The Balaban J connectivity index is 2.36. The number of aliphatic hydroxyl groups is 1. The second-order valence-electron chi connectivity index (χ2n) is 3.86. The largest absolute Gasteiger partial charge is 0.491 e. The van der Waals surface area contributed by atoms with Crippen LogP contribution in [0.5, 0.6) is 5.75 Å². The lowest BCUT2D eigenvalue weighted by Crippen LogP contribution is -2.00. The van der Waals surface area contributed by atoms with Crippen molar-refractivity contribution in [2.75, 3.05) is 13.2 Å². The van der Waals surface area contributed by atoms with Crippen molar-refractivity contribution in [1.82, 2.24) is 0 Å². The van der Waals surface area contributed by atoms with Crippen molar-refractivity contribution >= 4 is 5.69 Å². The van der Waals surface area contributed by atoms with E-state index in [0.29, 0.717) is 6.61 Å². The zero-order valence-electron chi connectivity index (χ0n) is 9.97. The van der Waals surface area contributed by atoms with Gasteiger partial charge in [-0.25, -0.2) is 4.39 Å². The molecular formula is C12H16FNO4. The molecule has 0 aliphatic carbocycles. The standard InChI is InChI=1S/C12H16FNO4/c13-11-9-10(14(16)17)5-6-12(11)18-8-4-2-1-3-7-15/h5-6,9,15H,1-4,7-8H2. The molecule has 0 radical (unpaired) electrons. The van der Waals surface area contributed by atoms with Crippen LogP contribution in [-0.4, -0.2) is 23.2 Å². The Labute approximate surface area is 104 Å². The van der Waals surface area contributed by atoms with Gasteiger partial charge in [0, 0.05) is 12.7 Å². The van der Waals surface area contributed by atoms with Crippen molar-refractivity contribution in [3.8, 4) is 5.75 Å². The fourth-order valence-corrected chi connectivity index (χ4v) is 1.47.